The molecule has 6 nitrogen and oxygen atoms in total. The maximum absolute atomic E-state index is 12.5. The number of nitrogens with zero attached hydrogens (tertiary/aromatic N) is 4. The van der Waals surface area contributed by atoms with E-state index in [4.69, 9.17) is 4.74 Å². The van der Waals surface area contributed by atoms with Crippen molar-refractivity contribution in [3.8, 4) is 5.88 Å². The Morgan fingerprint density at radius 3 is 2.79 bits per heavy atom. The molecular formula is C18H26N4O2. The molecule has 0 aromatic carbocycles. The molecule has 1 fully saturated rings. The third kappa shape index (κ3) is 4.24. The van der Waals surface area contributed by atoms with E-state index < -0.39 is 0 Å². The minimum atomic E-state index is 0.256. The van der Waals surface area contributed by atoms with Crippen LogP contribution in [0.3, 0.4) is 0 Å². The van der Waals surface area contributed by atoms with Crippen LogP contribution >= 0.6 is 0 Å². The predicted molar refractivity (Wildman–Crippen MR) is 93.2 cm³/mol. The van der Waals surface area contributed by atoms with Crippen LogP contribution in [-0.2, 0) is 4.79 Å². The molecule has 0 spiro atoms. The molecule has 0 N–H and O–H groups in total. The van der Waals surface area contributed by atoms with Gasteiger partial charge in [-0.2, -0.15) is 4.98 Å². The van der Waals surface area contributed by atoms with Gasteiger partial charge in [-0.05, 0) is 32.6 Å². The Bertz CT molecular complexity index is 594. The van der Waals surface area contributed by atoms with Crippen molar-refractivity contribution >= 4 is 11.9 Å². The van der Waals surface area contributed by atoms with Gasteiger partial charge in [0.25, 0.3) is 0 Å². The second-order valence-corrected chi connectivity index (χ2v) is 6.28. The van der Waals surface area contributed by atoms with E-state index in [0.717, 1.165) is 39.0 Å². The normalized spacial score (nSPS) is 18.3. The van der Waals surface area contributed by atoms with E-state index in [1.807, 2.05) is 11.8 Å². The number of piperazine rings is 1. The van der Waals surface area contributed by atoms with Gasteiger partial charge in [-0.25, -0.2) is 4.98 Å². The van der Waals surface area contributed by atoms with Crippen molar-refractivity contribution in [1.29, 1.82) is 0 Å². The van der Waals surface area contributed by atoms with E-state index in [0.29, 0.717) is 24.9 Å². The lowest BCUT2D eigenvalue weighted by atomic mass is 9.97. The molecule has 0 bridgehead atoms. The second-order valence-electron chi connectivity index (χ2n) is 6.28. The molecule has 130 valence electrons. The van der Waals surface area contributed by atoms with Crippen molar-refractivity contribution in [1.82, 2.24) is 14.9 Å². The first-order valence-corrected chi connectivity index (χ1v) is 8.92. The lowest BCUT2D eigenvalue weighted by Gasteiger charge is -2.35. The van der Waals surface area contributed by atoms with Crippen LogP contribution in [0, 0.1) is 0 Å². The summed E-state index contributed by atoms with van der Waals surface area (Å²) in [5.74, 6) is 1.54. The fourth-order valence-electron chi connectivity index (χ4n) is 3.24. The summed E-state index contributed by atoms with van der Waals surface area (Å²) in [6.07, 6.45) is 9.27. The summed E-state index contributed by atoms with van der Waals surface area (Å²) < 4.78 is 5.43. The smallest absolute Gasteiger partial charge is 0.228 e. The zero-order valence-electron chi connectivity index (χ0n) is 14.4. The van der Waals surface area contributed by atoms with Gasteiger partial charge in [0.05, 0.1) is 6.61 Å². The van der Waals surface area contributed by atoms with E-state index in [2.05, 4.69) is 20.9 Å². The Hall–Kier alpha value is -2.11. The number of anilines is 1. The maximum Gasteiger partial charge on any atom is 0.228 e. The molecule has 2 aliphatic rings. The van der Waals surface area contributed by atoms with Crippen LogP contribution in [0.5, 0.6) is 5.88 Å². The van der Waals surface area contributed by atoms with Crippen LogP contribution in [0.4, 0.5) is 5.95 Å². The van der Waals surface area contributed by atoms with E-state index in [1.165, 1.54) is 18.4 Å². The quantitative estimate of drug-likeness (QED) is 0.776. The second kappa shape index (κ2) is 8.13. The average Bonchev–Trinajstić information content (AvgIpc) is 2.63. The van der Waals surface area contributed by atoms with E-state index in [-0.39, 0.29) is 5.91 Å². The first kappa shape index (κ1) is 16.7. The fourth-order valence-corrected chi connectivity index (χ4v) is 3.24. The number of aromatic nitrogens is 2. The molecule has 0 atom stereocenters. The molecule has 0 radical (unpaired) electrons. The van der Waals surface area contributed by atoms with Crippen LogP contribution in [0.25, 0.3) is 0 Å². The molecule has 1 aromatic heterocycles. The Morgan fingerprint density at radius 2 is 2.08 bits per heavy atom. The molecule has 1 aliphatic carbocycles. The van der Waals surface area contributed by atoms with Gasteiger partial charge in [0, 0.05) is 44.9 Å². The lowest BCUT2D eigenvalue weighted by molar-refractivity contribution is -0.130. The highest BCUT2D eigenvalue weighted by Crippen LogP contribution is 2.21. The maximum atomic E-state index is 12.5. The summed E-state index contributed by atoms with van der Waals surface area (Å²) >= 11 is 0. The van der Waals surface area contributed by atoms with Gasteiger partial charge >= 0.3 is 0 Å². The number of ether oxygens (including phenoxy) is 1. The first-order valence-electron chi connectivity index (χ1n) is 8.92. The third-order valence-electron chi connectivity index (χ3n) is 4.59. The number of rotatable bonds is 5. The largest absolute Gasteiger partial charge is 0.478 e. The summed E-state index contributed by atoms with van der Waals surface area (Å²) in [6, 6.07) is 1.77. The van der Waals surface area contributed by atoms with Gasteiger partial charge in [0.15, 0.2) is 0 Å². The summed E-state index contributed by atoms with van der Waals surface area (Å²) in [4.78, 5) is 25.3. The van der Waals surface area contributed by atoms with Crippen LogP contribution < -0.4 is 9.64 Å². The first-order chi connectivity index (χ1) is 11.8. The summed E-state index contributed by atoms with van der Waals surface area (Å²) in [7, 11) is 0. The number of carbonyl (C=O) groups is 1. The average molecular weight is 330 g/mol. The van der Waals surface area contributed by atoms with Crippen LogP contribution in [-0.4, -0.2) is 53.6 Å². The Morgan fingerprint density at radius 1 is 1.25 bits per heavy atom. The zero-order valence-corrected chi connectivity index (χ0v) is 14.4. The molecule has 3 rings (SSSR count). The van der Waals surface area contributed by atoms with Gasteiger partial charge in [-0.1, -0.05) is 11.6 Å². The van der Waals surface area contributed by atoms with Crippen LogP contribution in [0.2, 0.25) is 0 Å². The molecule has 24 heavy (non-hydrogen) atoms. The monoisotopic (exact) mass is 330 g/mol. The molecule has 0 saturated carbocycles. The van der Waals surface area contributed by atoms with Crippen molar-refractivity contribution in [2.45, 2.75) is 39.0 Å². The SMILES string of the molecule is CCOc1ccnc(N2CCN(C(=O)CC3=CCCCC3)CC2)n1. The Balaban J connectivity index is 1.52. The van der Waals surface area contributed by atoms with Crippen LogP contribution in [0.1, 0.15) is 39.0 Å². The number of hydrogen-bond donors (Lipinski definition) is 0. The number of amides is 1. The fraction of sp³-hybridized carbons (Fsp3) is 0.611. The summed E-state index contributed by atoms with van der Waals surface area (Å²) in [5, 5.41) is 0. The third-order valence-corrected chi connectivity index (χ3v) is 4.59. The summed E-state index contributed by atoms with van der Waals surface area (Å²) in [5.41, 5.74) is 1.32. The molecule has 2 heterocycles. The molecular weight excluding hydrogens is 304 g/mol. The van der Waals surface area contributed by atoms with Gasteiger partial charge in [-0.15, -0.1) is 0 Å². The minimum Gasteiger partial charge on any atom is -0.478 e. The lowest BCUT2D eigenvalue weighted by Crippen LogP contribution is -2.49. The summed E-state index contributed by atoms with van der Waals surface area (Å²) in [6.45, 7) is 5.52. The van der Waals surface area contributed by atoms with E-state index in [1.54, 1.807) is 12.3 Å². The van der Waals surface area contributed by atoms with Gasteiger partial charge in [0.1, 0.15) is 0 Å². The highest BCUT2D eigenvalue weighted by atomic mass is 16.5. The van der Waals surface area contributed by atoms with Gasteiger partial charge in [-0.3, -0.25) is 4.79 Å². The predicted octanol–water partition coefficient (Wildman–Crippen LogP) is 2.41. The highest BCUT2D eigenvalue weighted by Gasteiger charge is 2.23. The van der Waals surface area contributed by atoms with Crippen molar-refractivity contribution in [2.75, 3.05) is 37.7 Å². The number of allylic oxidation sites excluding steroid dienone is 1. The Labute approximate surface area is 143 Å². The standard InChI is InChI=1S/C18H26N4O2/c1-2-24-16-8-9-19-18(20-16)22-12-10-21(11-13-22)17(23)14-15-6-4-3-5-7-15/h6,8-9H,2-5,7,10-14H2,1H3. The van der Waals surface area contributed by atoms with Crippen molar-refractivity contribution < 1.29 is 9.53 Å². The molecule has 6 heteroatoms. The zero-order chi connectivity index (χ0) is 16.8. The number of carbonyl (C=O) groups excluding carboxylic acids is 1. The number of hydrogen-bond acceptors (Lipinski definition) is 5. The van der Waals surface area contributed by atoms with Gasteiger partial charge in [0.2, 0.25) is 17.7 Å². The highest BCUT2D eigenvalue weighted by molar-refractivity contribution is 5.79. The Kier molecular flexibility index (Phi) is 5.67. The molecule has 0 unspecified atom stereocenters. The van der Waals surface area contributed by atoms with Crippen molar-refractivity contribution in [3.05, 3.63) is 23.9 Å². The van der Waals surface area contributed by atoms with E-state index >= 15 is 0 Å². The molecule has 1 aromatic rings. The topological polar surface area (TPSA) is 58.6 Å². The van der Waals surface area contributed by atoms with Crippen molar-refractivity contribution in [2.24, 2.45) is 0 Å². The molecule has 1 aliphatic heterocycles. The van der Waals surface area contributed by atoms with E-state index in [9.17, 15) is 4.79 Å². The van der Waals surface area contributed by atoms with Gasteiger partial charge < -0.3 is 14.5 Å². The van der Waals surface area contributed by atoms with Crippen LogP contribution in [0.15, 0.2) is 23.9 Å². The molecule has 1 amide bonds. The van der Waals surface area contributed by atoms with Crippen molar-refractivity contribution in [3.63, 3.8) is 0 Å². The minimum absolute atomic E-state index is 0.256. The molecule has 1 saturated heterocycles.